The fourth-order valence-electron chi connectivity index (χ4n) is 2.72. The number of para-hydroxylation sites is 1. The zero-order valence-electron chi connectivity index (χ0n) is 14.2. The third-order valence-corrected chi connectivity index (χ3v) is 4.05. The Kier molecular flexibility index (Phi) is 4.40. The zero-order chi connectivity index (χ0) is 18.6. The number of benzene rings is 2. The molecule has 134 valence electrons. The molecule has 0 fully saturated rings. The van der Waals surface area contributed by atoms with Gasteiger partial charge in [-0.15, -0.1) is 5.10 Å². The van der Waals surface area contributed by atoms with Gasteiger partial charge in [0.25, 0.3) is 5.56 Å². The van der Waals surface area contributed by atoms with Crippen LogP contribution < -0.4 is 10.9 Å². The number of anilines is 1. The Hall–Kier alpha value is -3.88. The summed E-state index contributed by atoms with van der Waals surface area (Å²) in [5, 5.41) is 14.3. The highest BCUT2D eigenvalue weighted by Gasteiger charge is 2.08. The summed E-state index contributed by atoms with van der Waals surface area (Å²) in [4.78, 5) is 29.0. The fraction of sp³-hybridized carbons (Fsp3) is 0.111. The van der Waals surface area contributed by atoms with E-state index in [1.807, 2.05) is 12.1 Å². The first-order chi connectivity index (χ1) is 13.2. The van der Waals surface area contributed by atoms with Crippen molar-refractivity contribution in [1.29, 1.82) is 0 Å². The van der Waals surface area contributed by atoms with Crippen molar-refractivity contribution >= 4 is 22.5 Å². The first kappa shape index (κ1) is 16.6. The molecule has 0 aliphatic carbocycles. The Bertz CT molecular complexity index is 1150. The van der Waals surface area contributed by atoms with Crippen LogP contribution in [0.3, 0.4) is 0 Å². The van der Waals surface area contributed by atoms with E-state index in [1.165, 1.54) is 21.9 Å². The number of tetrazole rings is 1. The molecule has 1 amide bonds. The van der Waals surface area contributed by atoms with Crippen LogP contribution in [0.25, 0.3) is 16.6 Å². The maximum Gasteiger partial charge on any atom is 0.261 e. The summed E-state index contributed by atoms with van der Waals surface area (Å²) in [5.74, 6) is -0.205. The molecule has 2 aromatic heterocycles. The Labute approximate surface area is 153 Å². The fourth-order valence-corrected chi connectivity index (χ4v) is 2.72. The van der Waals surface area contributed by atoms with Crippen molar-refractivity contribution in [3.8, 4) is 5.69 Å². The monoisotopic (exact) mass is 361 g/mol. The van der Waals surface area contributed by atoms with Crippen LogP contribution in [-0.4, -0.2) is 35.7 Å². The number of aromatic nitrogens is 6. The Balaban J connectivity index is 1.44. The lowest BCUT2D eigenvalue weighted by Crippen LogP contribution is -2.23. The van der Waals surface area contributed by atoms with Crippen molar-refractivity contribution in [2.75, 3.05) is 5.32 Å². The highest BCUT2D eigenvalue weighted by atomic mass is 16.2. The van der Waals surface area contributed by atoms with Gasteiger partial charge in [0.15, 0.2) is 0 Å². The molecule has 0 aliphatic heterocycles. The van der Waals surface area contributed by atoms with Crippen LogP contribution in [0.4, 0.5) is 5.69 Å². The van der Waals surface area contributed by atoms with Crippen LogP contribution >= 0.6 is 0 Å². The minimum Gasteiger partial charge on any atom is -0.326 e. The second-order valence-corrected chi connectivity index (χ2v) is 5.86. The van der Waals surface area contributed by atoms with Crippen molar-refractivity contribution < 1.29 is 4.79 Å². The number of fused-ring (bicyclic) bond motifs is 1. The predicted molar refractivity (Wildman–Crippen MR) is 98.4 cm³/mol. The minimum atomic E-state index is -0.205. The van der Waals surface area contributed by atoms with E-state index in [0.29, 0.717) is 16.6 Å². The highest BCUT2D eigenvalue weighted by Crippen LogP contribution is 2.13. The molecule has 0 bridgehead atoms. The third-order valence-electron chi connectivity index (χ3n) is 4.05. The molecule has 0 saturated heterocycles. The Morgan fingerprint density at radius 3 is 2.81 bits per heavy atom. The van der Waals surface area contributed by atoms with Gasteiger partial charge in [-0.2, -0.15) is 0 Å². The van der Waals surface area contributed by atoms with Crippen molar-refractivity contribution in [1.82, 2.24) is 29.8 Å². The van der Waals surface area contributed by atoms with Gasteiger partial charge < -0.3 is 5.32 Å². The molecule has 0 spiro atoms. The van der Waals surface area contributed by atoms with Crippen LogP contribution in [0.1, 0.15) is 6.42 Å². The standard InChI is InChI=1S/C18H15N7O2/c26-17(21-13-4-3-5-14(10-13)25-12-20-22-23-25)8-9-24-11-19-16-7-2-1-6-15(16)18(24)27/h1-7,10-12H,8-9H2,(H,21,26). The summed E-state index contributed by atoms with van der Waals surface area (Å²) in [6.07, 6.45) is 3.09. The van der Waals surface area contributed by atoms with Gasteiger partial charge in [0.2, 0.25) is 5.91 Å². The van der Waals surface area contributed by atoms with Gasteiger partial charge in [-0.1, -0.05) is 18.2 Å². The second-order valence-electron chi connectivity index (χ2n) is 5.86. The van der Waals surface area contributed by atoms with Crippen molar-refractivity contribution in [3.63, 3.8) is 0 Å². The number of carbonyl (C=O) groups is 1. The van der Waals surface area contributed by atoms with Gasteiger partial charge in [-0.3, -0.25) is 14.2 Å². The molecule has 4 rings (SSSR count). The summed E-state index contributed by atoms with van der Waals surface area (Å²) in [6.45, 7) is 0.245. The van der Waals surface area contributed by atoms with E-state index in [-0.39, 0.29) is 24.4 Å². The van der Waals surface area contributed by atoms with E-state index in [2.05, 4.69) is 25.8 Å². The van der Waals surface area contributed by atoms with Gasteiger partial charge >= 0.3 is 0 Å². The Morgan fingerprint density at radius 1 is 1.07 bits per heavy atom. The van der Waals surface area contributed by atoms with Gasteiger partial charge in [0.1, 0.15) is 6.33 Å². The van der Waals surface area contributed by atoms with Crippen LogP contribution in [0.2, 0.25) is 0 Å². The number of amides is 1. The minimum absolute atomic E-state index is 0.148. The van der Waals surface area contributed by atoms with Gasteiger partial charge in [-0.05, 0) is 40.8 Å². The van der Waals surface area contributed by atoms with Gasteiger partial charge in [0, 0.05) is 18.7 Å². The third kappa shape index (κ3) is 3.56. The molecule has 0 radical (unpaired) electrons. The normalized spacial score (nSPS) is 10.8. The van der Waals surface area contributed by atoms with Crippen LogP contribution in [-0.2, 0) is 11.3 Å². The maximum atomic E-state index is 12.4. The average Bonchev–Trinajstić information content (AvgIpc) is 3.23. The van der Waals surface area contributed by atoms with Gasteiger partial charge in [-0.25, -0.2) is 9.67 Å². The first-order valence-corrected chi connectivity index (χ1v) is 8.28. The van der Waals surface area contributed by atoms with Crippen molar-refractivity contribution in [2.45, 2.75) is 13.0 Å². The molecule has 0 unspecified atom stereocenters. The largest absolute Gasteiger partial charge is 0.326 e. The first-order valence-electron chi connectivity index (χ1n) is 8.28. The highest BCUT2D eigenvalue weighted by molar-refractivity contribution is 5.91. The molecule has 2 aromatic carbocycles. The Morgan fingerprint density at radius 2 is 1.96 bits per heavy atom. The summed E-state index contributed by atoms with van der Waals surface area (Å²) >= 11 is 0. The molecule has 0 atom stereocenters. The van der Waals surface area contributed by atoms with E-state index in [0.717, 1.165) is 5.69 Å². The molecule has 27 heavy (non-hydrogen) atoms. The molecule has 0 saturated carbocycles. The van der Waals surface area contributed by atoms with Crippen LogP contribution in [0.5, 0.6) is 0 Å². The number of rotatable bonds is 5. The SMILES string of the molecule is O=C(CCn1cnc2ccccc2c1=O)Nc1cccc(-n2cnnn2)c1. The molecule has 4 aromatic rings. The van der Waals surface area contributed by atoms with Crippen molar-refractivity contribution in [2.24, 2.45) is 0 Å². The maximum absolute atomic E-state index is 12.4. The lowest BCUT2D eigenvalue weighted by molar-refractivity contribution is -0.116. The molecular formula is C18H15N7O2. The molecule has 9 heteroatoms. The molecule has 1 N–H and O–H groups in total. The van der Waals surface area contributed by atoms with E-state index in [9.17, 15) is 9.59 Å². The predicted octanol–water partition coefficient (Wildman–Crippen LogP) is 1.40. The average molecular weight is 361 g/mol. The van der Waals surface area contributed by atoms with E-state index < -0.39 is 0 Å². The second kappa shape index (κ2) is 7.16. The summed E-state index contributed by atoms with van der Waals surface area (Å²) in [7, 11) is 0. The van der Waals surface area contributed by atoms with Crippen LogP contribution in [0.15, 0.2) is 66.0 Å². The smallest absolute Gasteiger partial charge is 0.261 e. The number of carbonyl (C=O) groups excluding carboxylic acids is 1. The summed E-state index contributed by atoms with van der Waals surface area (Å²) < 4.78 is 2.94. The lowest BCUT2D eigenvalue weighted by Gasteiger charge is -2.09. The lowest BCUT2D eigenvalue weighted by atomic mass is 10.2. The number of nitrogens with one attached hydrogen (secondary N) is 1. The van der Waals surface area contributed by atoms with E-state index in [1.54, 1.807) is 36.4 Å². The van der Waals surface area contributed by atoms with E-state index >= 15 is 0 Å². The number of hydrogen-bond donors (Lipinski definition) is 1. The summed E-state index contributed by atoms with van der Waals surface area (Å²) in [6, 6.07) is 14.3. The quantitative estimate of drug-likeness (QED) is 0.576. The summed E-state index contributed by atoms with van der Waals surface area (Å²) in [5.41, 5.74) is 1.83. The molecule has 9 nitrogen and oxygen atoms in total. The number of nitrogens with zero attached hydrogens (tertiary/aromatic N) is 6. The molecule has 2 heterocycles. The van der Waals surface area contributed by atoms with Crippen LogP contribution in [0, 0.1) is 0 Å². The van der Waals surface area contributed by atoms with Gasteiger partial charge in [0.05, 0.1) is 22.9 Å². The number of hydrogen-bond acceptors (Lipinski definition) is 6. The number of aryl methyl sites for hydroxylation is 1. The van der Waals surface area contributed by atoms with Crippen molar-refractivity contribution in [3.05, 3.63) is 71.5 Å². The molecule has 0 aliphatic rings. The van der Waals surface area contributed by atoms with E-state index in [4.69, 9.17) is 0 Å². The zero-order valence-corrected chi connectivity index (χ0v) is 14.2. The topological polar surface area (TPSA) is 108 Å². The molecular weight excluding hydrogens is 346 g/mol.